The second-order valence-electron chi connectivity index (χ2n) is 8.35. The van der Waals surface area contributed by atoms with Gasteiger partial charge in [0.2, 0.25) is 5.90 Å². The molecule has 12 nitrogen and oxygen atoms in total. The van der Waals surface area contributed by atoms with Crippen LogP contribution in [0.25, 0.3) is 16.2 Å². The second-order valence-corrected chi connectivity index (χ2v) is 9.78. The van der Waals surface area contributed by atoms with Gasteiger partial charge in [-0.15, -0.1) is 11.3 Å². The maximum Gasteiger partial charge on any atom is 0.363 e. The van der Waals surface area contributed by atoms with Gasteiger partial charge in [0.05, 0.1) is 21.5 Å². The minimum absolute atomic E-state index is 0.00252. The summed E-state index contributed by atoms with van der Waals surface area (Å²) in [5.74, 6) is -1.21. The Morgan fingerprint density at radius 2 is 1.73 bits per heavy atom. The molecule has 3 aromatic carbocycles. The van der Waals surface area contributed by atoms with Crippen molar-refractivity contribution in [2.24, 2.45) is 4.99 Å². The van der Waals surface area contributed by atoms with Crippen LogP contribution in [0.3, 0.4) is 0 Å². The van der Waals surface area contributed by atoms with E-state index >= 15 is 0 Å². The Labute approximate surface area is 239 Å². The minimum atomic E-state index is -0.775. The van der Waals surface area contributed by atoms with Gasteiger partial charge in [-0.05, 0) is 48.9 Å². The number of fused-ring (bicyclic) bond motifs is 1. The van der Waals surface area contributed by atoms with Crippen LogP contribution in [-0.2, 0) is 9.53 Å². The van der Waals surface area contributed by atoms with Crippen molar-refractivity contribution in [3.63, 3.8) is 0 Å². The molecule has 14 heteroatoms. The first-order chi connectivity index (χ1) is 19.6. The Kier molecular flexibility index (Phi) is 7.46. The Morgan fingerprint density at radius 1 is 1.02 bits per heavy atom. The van der Waals surface area contributed by atoms with Crippen molar-refractivity contribution < 1.29 is 33.6 Å². The van der Waals surface area contributed by atoms with E-state index in [4.69, 9.17) is 25.8 Å². The molecule has 4 aromatic rings. The van der Waals surface area contributed by atoms with Gasteiger partial charge in [0.1, 0.15) is 4.88 Å². The van der Waals surface area contributed by atoms with Gasteiger partial charge in [-0.1, -0.05) is 17.7 Å². The van der Waals surface area contributed by atoms with Crippen molar-refractivity contribution in [2.45, 2.75) is 6.92 Å². The van der Waals surface area contributed by atoms with Crippen molar-refractivity contribution in [2.75, 3.05) is 6.61 Å². The summed E-state index contributed by atoms with van der Waals surface area (Å²) in [6.45, 7) is 1.98. The number of nitro benzene ring substituents is 2. The third-order valence-electron chi connectivity index (χ3n) is 5.73. The lowest BCUT2D eigenvalue weighted by Gasteiger charge is -2.11. The summed E-state index contributed by atoms with van der Waals surface area (Å²) >= 11 is 7.34. The first-order valence-corrected chi connectivity index (χ1v) is 13.0. The first-order valence-electron chi connectivity index (χ1n) is 11.8. The number of aliphatic imine (C=N–C) groups is 1. The van der Waals surface area contributed by atoms with Gasteiger partial charge in [0, 0.05) is 39.9 Å². The molecule has 0 unspecified atom stereocenters. The number of hydrogen-bond acceptors (Lipinski definition) is 11. The highest BCUT2D eigenvalue weighted by molar-refractivity contribution is 7.21. The zero-order valence-corrected chi connectivity index (χ0v) is 22.4. The van der Waals surface area contributed by atoms with Gasteiger partial charge < -0.3 is 14.2 Å². The largest absolute Gasteiger partial charge is 0.490 e. The van der Waals surface area contributed by atoms with Gasteiger partial charge in [0.15, 0.2) is 17.2 Å². The monoisotopic (exact) mass is 593 g/mol. The molecule has 206 valence electrons. The molecule has 0 amide bonds. The number of halogens is 1. The number of benzene rings is 3. The van der Waals surface area contributed by atoms with Crippen molar-refractivity contribution in [1.82, 2.24) is 0 Å². The number of carbonyl (C=O) groups excluding carboxylic acids is 2. The van der Waals surface area contributed by atoms with Crippen LogP contribution in [0.4, 0.5) is 11.4 Å². The summed E-state index contributed by atoms with van der Waals surface area (Å²) in [4.78, 5) is 50.6. The maximum atomic E-state index is 13.0. The van der Waals surface area contributed by atoms with E-state index in [0.717, 1.165) is 11.3 Å². The second kappa shape index (κ2) is 11.2. The minimum Gasteiger partial charge on any atom is -0.490 e. The number of rotatable bonds is 8. The summed E-state index contributed by atoms with van der Waals surface area (Å²) in [5.41, 5.74) is 0.614. The molecule has 0 fully saturated rings. The van der Waals surface area contributed by atoms with Crippen LogP contribution in [0.15, 0.2) is 71.4 Å². The SMILES string of the molecule is CCOc1cc(/C=C2/N=C(c3ccc([N+](=O)[O-])cc3)OC2=O)ccc1OC(=O)c1sc2cc([N+](=O)[O-])ccc2c1Cl. The molecule has 0 saturated carbocycles. The van der Waals surface area contributed by atoms with E-state index < -0.39 is 21.8 Å². The molecular weight excluding hydrogens is 578 g/mol. The lowest BCUT2D eigenvalue weighted by Crippen LogP contribution is -2.08. The van der Waals surface area contributed by atoms with Crippen LogP contribution in [-0.4, -0.2) is 34.3 Å². The lowest BCUT2D eigenvalue weighted by molar-refractivity contribution is -0.385. The van der Waals surface area contributed by atoms with E-state index in [1.165, 1.54) is 54.6 Å². The van der Waals surface area contributed by atoms with Gasteiger partial charge in [0.25, 0.3) is 11.4 Å². The molecular formula is C27H16ClN3O9S. The zero-order chi connectivity index (χ0) is 29.3. The molecule has 1 aliphatic heterocycles. The molecule has 2 heterocycles. The van der Waals surface area contributed by atoms with Crippen LogP contribution >= 0.6 is 22.9 Å². The van der Waals surface area contributed by atoms with Gasteiger partial charge >= 0.3 is 11.9 Å². The normalized spacial score (nSPS) is 13.7. The van der Waals surface area contributed by atoms with E-state index in [0.29, 0.717) is 21.2 Å². The Bertz CT molecular complexity index is 1810. The summed E-state index contributed by atoms with van der Waals surface area (Å²) in [7, 11) is 0. The summed E-state index contributed by atoms with van der Waals surface area (Å²) < 4.78 is 16.9. The average Bonchev–Trinajstić information content (AvgIpc) is 3.49. The van der Waals surface area contributed by atoms with Gasteiger partial charge in [-0.2, -0.15) is 0 Å². The highest BCUT2D eigenvalue weighted by Gasteiger charge is 2.26. The quantitative estimate of drug-likeness (QED) is 0.0746. The molecule has 1 aliphatic rings. The lowest BCUT2D eigenvalue weighted by atomic mass is 10.1. The van der Waals surface area contributed by atoms with Crippen LogP contribution in [0.1, 0.15) is 27.7 Å². The Morgan fingerprint density at radius 3 is 2.41 bits per heavy atom. The molecule has 0 saturated heterocycles. The number of cyclic esters (lactones) is 1. The van der Waals surface area contributed by atoms with Crippen molar-refractivity contribution in [1.29, 1.82) is 0 Å². The van der Waals surface area contributed by atoms with Crippen molar-refractivity contribution >= 4 is 68.3 Å². The smallest absolute Gasteiger partial charge is 0.363 e. The van der Waals surface area contributed by atoms with E-state index in [9.17, 15) is 29.8 Å². The van der Waals surface area contributed by atoms with E-state index in [2.05, 4.69) is 4.99 Å². The summed E-state index contributed by atoms with van der Waals surface area (Å²) in [6, 6.07) is 14.1. The molecule has 5 rings (SSSR count). The molecule has 0 bridgehead atoms. The molecule has 0 radical (unpaired) electrons. The summed E-state index contributed by atoms with van der Waals surface area (Å²) in [5, 5.41) is 22.6. The highest BCUT2D eigenvalue weighted by Crippen LogP contribution is 2.39. The number of esters is 2. The van der Waals surface area contributed by atoms with Gasteiger partial charge in [-0.25, -0.2) is 14.6 Å². The Balaban J connectivity index is 1.40. The number of hydrogen-bond donors (Lipinski definition) is 0. The van der Waals surface area contributed by atoms with Crippen molar-refractivity contribution in [3.05, 3.63) is 108 Å². The molecule has 0 atom stereocenters. The fraction of sp³-hybridized carbons (Fsp3) is 0.0741. The standard InChI is InChI=1S/C27H16ClN3O9S/c1-2-38-21-12-14(11-19-26(32)40-25(29-19)15-4-6-16(7-5-15)30(34)35)3-10-20(21)39-27(33)24-23(28)18-9-8-17(31(36)37)13-22(18)41-24/h3-13H,2H2,1H3/b19-11+. The number of ether oxygens (including phenoxy) is 3. The number of thiophene rings is 1. The third-order valence-corrected chi connectivity index (χ3v) is 7.37. The highest BCUT2D eigenvalue weighted by atomic mass is 35.5. The molecule has 0 spiro atoms. The van der Waals surface area contributed by atoms with Gasteiger partial charge in [-0.3, -0.25) is 20.2 Å². The van der Waals surface area contributed by atoms with E-state index in [1.54, 1.807) is 19.1 Å². The molecule has 0 aliphatic carbocycles. The average molecular weight is 594 g/mol. The number of nitrogens with zero attached hydrogens (tertiary/aromatic N) is 3. The fourth-order valence-electron chi connectivity index (χ4n) is 3.83. The topological polar surface area (TPSA) is 160 Å². The van der Waals surface area contributed by atoms with Crippen LogP contribution < -0.4 is 9.47 Å². The Hall–Kier alpha value is -5.14. The fourth-order valence-corrected chi connectivity index (χ4v) is 5.25. The first kappa shape index (κ1) is 27.4. The predicted molar refractivity (Wildman–Crippen MR) is 150 cm³/mol. The van der Waals surface area contributed by atoms with Crippen molar-refractivity contribution in [3.8, 4) is 11.5 Å². The number of nitro groups is 2. The van der Waals surface area contributed by atoms with Crippen LogP contribution in [0, 0.1) is 20.2 Å². The van der Waals surface area contributed by atoms with E-state index in [-0.39, 0.29) is 51.0 Å². The molecule has 0 N–H and O–H groups in total. The predicted octanol–water partition coefficient (Wildman–Crippen LogP) is 6.33. The third kappa shape index (κ3) is 5.62. The van der Waals surface area contributed by atoms with Crippen LogP contribution in [0.5, 0.6) is 11.5 Å². The molecule has 41 heavy (non-hydrogen) atoms. The van der Waals surface area contributed by atoms with Crippen LogP contribution in [0.2, 0.25) is 5.02 Å². The molecule has 1 aromatic heterocycles. The summed E-state index contributed by atoms with van der Waals surface area (Å²) in [6.07, 6.45) is 1.45. The number of carbonyl (C=O) groups is 2. The maximum absolute atomic E-state index is 13.0. The zero-order valence-electron chi connectivity index (χ0n) is 20.9. The number of non-ortho nitro benzene ring substituents is 2. The van der Waals surface area contributed by atoms with E-state index in [1.807, 2.05) is 0 Å².